The summed E-state index contributed by atoms with van der Waals surface area (Å²) in [5, 5.41) is 0.794. The second kappa shape index (κ2) is 14.8. The molecule has 4 heteroatoms. The van der Waals surface area contributed by atoms with Gasteiger partial charge in [0.15, 0.2) is 0 Å². The third kappa shape index (κ3) is 7.43. The van der Waals surface area contributed by atoms with Crippen LogP contribution < -0.4 is 0 Å². The van der Waals surface area contributed by atoms with Gasteiger partial charge in [-0.05, 0) is 58.1 Å². The van der Waals surface area contributed by atoms with Gasteiger partial charge < -0.3 is 4.90 Å². The van der Waals surface area contributed by atoms with E-state index < -0.39 is 0 Å². The zero-order chi connectivity index (χ0) is 22.4. The first-order chi connectivity index (χ1) is 13.3. The molecule has 0 unspecified atom stereocenters. The Bertz CT molecular complexity index is 760. The van der Waals surface area contributed by atoms with E-state index in [1.54, 1.807) is 23.6 Å². The fourth-order valence-electron chi connectivity index (χ4n) is 2.49. The van der Waals surface area contributed by atoms with Crippen molar-refractivity contribution in [2.45, 2.75) is 61.9 Å². The van der Waals surface area contributed by atoms with Gasteiger partial charge in [-0.15, -0.1) is 6.58 Å². The summed E-state index contributed by atoms with van der Waals surface area (Å²) in [6.07, 6.45) is 1.75. The van der Waals surface area contributed by atoms with Crippen LogP contribution in [0.15, 0.2) is 43.0 Å². The summed E-state index contributed by atoms with van der Waals surface area (Å²) >= 11 is 0. The fraction of sp³-hybridized carbons (Fsp3) is 0.458. The van der Waals surface area contributed by atoms with Crippen molar-refractivity contribution in [3.63, 3.8) is 0 Å². The van der Waals surface area contributed by atoms with Crippen molar-refractivity contribution in [1.29, 1.82) is 0 Å². The Kier molecular flexibility index (Phi) is 14.8. The van der Waals surface area contributed by atoms with Crippen molar-refractivity contribution in [2.24, 2.45) is 0 Å². The number of hydrogen-bond acceptors (Lipinski definition) is 2. The molecule has 2 aromatic rings. The second-order valence-electron chi connectivity index (χ2n) is 5.88. The van der Waals surface area contributed by atoms with Crippen LogP contribution in [0.3, 0.4) is 0 Å². The number of allylic oxidation sites excluding steroid dienone is 2. The van der Waals surface area contributed by atoms with Gasteiger partial charge in [-0.3, -0.25) is 9.36 Å². The number of carbonyl (C=O) groups excluding carboxylic acids is 1. The molecule has 3 nitrogen and oxygen atoms in total. The van der Waals surface area contributed by atoms with Gasteiger partial charge in [-0.2, -0.15) is 0 Å². The van der Waals surface area contributed by atoms with E-state index in [1.807, 2.05) is 48.6 Å². The molecule has 1 heterocycles. The highest BCUT2D eigenvalue weighted by atomic mass is 19.1. The minimum atomic E-state index is -0.289. The summed E-state index contributed by atoms with van der Waals surface area (Å²) < 4.78 is 15.2. The molecule has 0 spiro atoms. The lowest BCUT2D eigenvalue weighted by atomic mass is 10.1. The number of aromatic nitrogens is 1. The van der Waals surface area contributed by atoms with Crippen LogP contribution in [0.25, 0.3) is 10.9 Å². The molecule has 28 heavy (non-hydrogen) atoms. The first-order valence-electron chi connectivity index (χ1n) is 10.0. The molecule has 0 fully saturated rings. The molecule has 0 amide bonds. The quantitative estimate of drug-likeness (QED) is 0.415. The standard InChI is InChI=1S/C17H21FN2O.C3H6.2C2H6/c1-6-19(5)10-15-12(4)20(17(21)11(2)3)16-8-7-13(18)9-14(15)16;1-3-2;2*1-2/h7-9H,2,6,10H2,1,3-5H3;3H,1H2,2H3;2*1-2H3. The van der Waals surface area contributed by atoms with E-state index in [0.29, 0.717) is 12.1 Å². The van der Waals surface area contributed by atoms with Crippen LogP contribution in [-0.2, 0) is 6.54 Å². The zero-order valence-electron chi connectivity index (χ0n) is 19.3. The number of benzene rings is 1. The van der Waals surface area contributed by atoms with E-state index in [4.69, 9.17) is 0 Å². The lowest BCUT2D eigenvalue weighted by molar-refractivity contribution is 0.0958. The molecule has 0 saturated heterocycles. The molecule has 0 aliphatic rings. The summed E-state index contributed by atoms with van der Waals surface area (Å²) in [6, 6.07) is 4.55. The van der Waals surface area contributed by atoms with E-state index in [1.165, 1.54) is 12.1 Å². The first kappa shape index (κ1) is 28.0. The molecule has 1 aromatic heterocycles. The van der Waals surface area contributed by atoms with Crippen LogP contribution in [0.1, 0.15) is 64.5 Å². The first-order valence-corrected chi connectivity index (χ1v) is 10.0. The van der Waals surface area contributed by atoms with E-state index >= 15 is 0 Å². The van der Waals surface area contributed by atoms with Crippen molar-refractivity contribution in [2.75, 3.05) is 13.6 Å². The van der Waals surface area contributed by atoms with Crippen molar-refractivity contribution >= 4 is 16.8 Å². The highest BCUT2D eigenvalue weighted by molar-refractivity contribution is 6.03. The molecular weight excluding hydrogens is 351 g/mol. The highest BCUT2D eigenvalue weighted by Crippen LogP contribution is 2.28. The minimum absolute atomic E-state index is 0.144. The Balaban J connectivity index is 0. The average Bonchev–Trinajstić information content (AvgIpc) is 2.96. The Hall–Kier alpha value is -2.20. The molecule has 0 aliphatic heterocycles. The van der Waals surface area contributed by atoms with Gasteiger partial charge in [0.2, 0.25) is 0 Å². The van der Waals surface area contributed by atoms with Gasteiger partial charge >= 0.3 is 0 Å². The highest BCUT2D eigenvalue weighted by Gasteiger charge is 2.20. The maximum absolute atomic E-state index is 13.6. The predicted molar refractivity (Wildman–Crippen MR) is 123 cm³/mol. The monoisotopic (exact) mass is 390 g/mol. The van der Waals surface area contributed by atoms with Crippen molar-refractivity contribution in [3.05, 3.63) is 60.1 Å². The predicted octanol–water partition coefficient (Wildman–Crippen LogP) is 7.00. The van der Waals surface area contributed by atoms with Crippen LogP contribution in [0.5, 0.6) is 0 Å². The van der Waals surface area contributed by atoms with E-state index in [2.05, 4.69) is 25.0 Å². The van der Waals surface area contributed by atoms with E-state index in [0.717, 1.165) is 28.7 Å². The lowest BCUT2D eigenvalue weighted by Crippen LogP contribution is -2.18. The molecule has 2 rings (SSSR count). The van der Waals surface area contributed by atoms with Crippen LogP contribution in [0, 0.1) is 12.7 Å². The van der Waals surface area contributed by atoms with Gasteiger partial charge in [-0.25, -0.2) is 4.39 Å². The molecule has 0 radical (unpaired) electrons. The van der Waals surface area contributed by atoms with Gasteiger partial charge in [0.1, 0.15) is 5.82 Å². The number of carbonyl (C=O) groups is 1. The summed E-state index contributed by atoms with van der Waals surface area (Å²) in [5.74, 6) is -0.433. The van der Waals surface area contributed by atoms with Gasteiger partial charge in [0.05, 0.1) is 5.52 Å². The molecule has 0 bridgehead atoms. The number of rotatable bonds is 4. The number of hydrogen-bond donors (Lipinski definition) is 0. The molecule has 0 saturated carbocycles. The zero-order valence-corrected chi connectivity index (χ0v) is 19.3. The Labute approximate surface area is 171 Å². The van der Waals surface area contributed by atoms with Crippen LogP contribution in [0.2, 0.25) is 0 Å². The Morgan fingerprint density at radius 3 is 2.18 bits per heavy atom. The summed E-state index contributed by atoms with van der Waals surface area (Å²) in [7, 11) is 2.00. The van der Waals surface area contributed by atoms with Gasteiger partial charge in [0, 0.05) is 23.2 Å². The van der Waals surface area contributed by atoms with Crippen molar-refractivity contribution in [3.8, 4) is 0 Å². The van der Waals surface area contributed by atoms with E-state index in [9.17, 15) is 9.18 Å². The fourth-order valence-corrected chi connectivity index (χ4v) is 2.49. The number of halogens is 1. The smallest absolute Gasteiger partial charge is 0.257 e. The summed E-state index contributed by atoms with van der Waals surface area (Å²) in [5.41, 5.74) is 3.04. The third-order valence-corrected chi connectivity index (χ3v) is 3.83. The largest absolute Gasteiger partial charge is 0.302 e. The van der Waals surface area contributed by atoms with E-state index in [-0.39, 0.29) is 11.7 Å². The normalized spacial score (nSPS) is 9.39. The lowest BCUT2D eigenvalue weighted by Gasteiger charge is -2.14. The van der Waals surface area contributed by atoms with Crippen molar-refractivity contribution < 1.29 is 9.18 Å². The Morgan fingerprint density at radius 2 is 1.75 bits per heavy atom. The number of fused-ring (bicyclic) bond motifs is 1. The number of nitrogens with zero attached hydrogens (tertiary/aromatic N) is 2. The molecule has 0 atom stereocenters. The molecule has 158 valence electrons. The second-order valence-corrected chi connectivity index (χ2v) is 5.88. The van der Waals surface area contributed by atoms with Crippen LogP contribution >= 0.6 is 0 Å². The molecule has 0 N–H and O–H groups in total. The van der Waals surface area contributed by atoms with Crippen molar-refractivity contribution in [1.82, 2.24) is 9.47 Å². The molecule has 1 aromatic carbocycles. The van der Waals surface area contributed by atoms with Gasteiger partial charge in [-0.1, -0.05) is 47.3 Å². The van der Waals surface area contributed by atoms with Crippen LogP contribution in [0.4, 0.5) is 4.39 Å². The van der Waals surface area contributed by atoms with Gasteiger partial charge in [0.25, 0.3) is 5.91 Å². The van der Waals surface area contributed by atoms with Crippen LogP contribution in [-0.4, -0.2) is 29.0 Å². The third-order valence-electron chi connectivity index (χ3n) is 3.83. The topological polar surface area (TPSA) is 25.2 Å². The SMILES string of the molecule is C=C(C)C(=O)n1c(C)c(CN(C)CC)c2cc(F)ccc21.C=CC.CC.CC. The Morgan fingerprint density at radius 1 is 1.25 bits per heavy atom. The maximum Gasteiger partial charge on any atom is 0.257 e. The molecular formula is C24H39FN2O. The average molecular weight is 391 g/mol. The molecule has 0 aliphatic carbocycles. The minimum Gasteiger partial charge on any atom is -0.302 e. The summed E-state index contributed by atoms with van der Waals surface area (Å²) in [4.78, 5) is 14.5. The summed E-state index contributed by atoms with van der Waals surface area (Å²) in [6.45, 7) is 24.2. The maximum atomic E-state index is 13.6.